The predicted octanol–water partition coefficient (Wildman–Crippen LogP) is 14.3. The average molecular weight is 981 g/mol. The maximum atomic E-state index is 8.93. The molecule has 13 aromatic rings. The average Bonchev–Trinajstić information content (AvgIpc) is 3.90. The smallest absolute Gasteiger partial charge is 0.455 e. The van der Waals surface area contributed by atoms with Crippen LogP contribution in [0, 0.1) is 0 Å². The number of hydrogen-bond acceptors (Lipinski definition) is 9. The van der Waals surface area contributed by atoms with Crippen molar-refractivity contribution in [2.75, 3.05) is 0 Å². The molecule has 0 spiro atoms. The first-order valence-electron chi connectivity index (χ1n) is 24.9. The highest BCUT2D eigenvalue weighted by atomic mass is 16.4. The number of nitrogens with zero attached hydrogens (tertiary/aromatic N) is 6. The Kier molecular flexibility index (Phi) is 13.1. The van der Waals surface area contributed by atoms with Crippen LogP contribution in [0.1, 0.15) is 0 Å². The molecule has 76 heavy (non-hydrogen) atoms. The normalized spacial score (nSPS) is 11.0. The van der Waals surface area contributed by atoms with Crippen molar-refractivity contribution in [3.05, 3.63) is 261 Å². The predicted molar refractivity (Wildman–Crippen MR) is 306 cm³/mol. The van der Waals surface area contributed by atoms with E-state index >= 15 is 0 Å². The number of pyridine rings is 3. The Morgan fingerprint density at radius 1 is 0.316 bits per heavy atom. The van der Waals surface area contributed by atoms with Crippen LogP contribution in [0.5, 0.6) is 0 Å². The van der Waals surface area contributed by atoms with Gasteiger partial charge in [-0.05, 0) is 93.9 Å². The zero-order valence-electron chi connectivity index (χ0n) is 40.9. The van der Waals surface area contributed by atoms with Crippen molar-refractivity contribution < 1.29 is 14.5 Å². The molecule has 8 aromatic carbocycles. The van der Waals surface area contributed by atoms with Crippen molar-refractivity contribution in [2.24, 2.45) is 0 Å². The molecule has 0 radical (unpaired) electrons. The summed E-state index contributed by atoms with van der Waals surface area (Å²) >= 11 is 0. The fourth-order valence-corrected chi connectivity index (χ4v) is 9.39. The number of hydrogen-bond donors (Lipinski definition) is 2. The molecular weight excluding hydrogens is 936 g/mol. The van der Waals surface area contributed by atoms with E-state index in [0.29, 0.717) is 22.9 Å². The zero-order chi connectivity index (χ0) is 51.2. The number of benzene rings is 8. The molecule has 10 heteroatoms. The summed E-state index contributed by atoms with van der Waals surface area (Å²) in [7, 11) is -1.41. The Morgan fingerprint density at radius 2 is 0.763 bits per heavy atom. The largest absolute Gasteiger partial charge is 0.488 e. The Morgan fingerprint density at radius 3 is 1.28 bits per heavy atom. The quantitative estimate of drug-likeness (QED) is 0.129. The monoisotopic (exact) mass is 980 g/mol. The molecule has 9 nitrogen and oxygen atoms in total. The van der Waals surface area contributed by atoms with Gasteiger partial charge in [0, 0.05) is 68.3 Å². The van der Waals surface area contributed by atoms with E-state index in [1.54, 1.807) is 18.3 Å². The summed E-state index contributed by atoms with van der Waals surface area (Å²) < 4.78 is 6.87. The standard InChI is InChI=1S/C55H35N5O.C11H10BNO2/c1-3-13-40(14-4-1)53-58-54(41-15-5-2-6-16-41)60-55(59-53)43-18-11-17-42(33-43)45-19-12-22-50-51(45)47-35-44(36-23-27-38(28-24-36)48-20-7-9-31-56-48)34-46(52(47)61-50)37-25-29-39(30-26-37)49-21-8-10-32-57-49;14-12(15)10-6-4-9(5-7-10)11-3-1-2-8-13-11/h1-35H;1-8,14-15H. The second-order valence-corrected chi connectivity index (χ2v) is 18.1. The van der Waals surface area contributed by atoms with Crippen LogP contribution in [0.4, 0.5) is 0 Å². The molecule has 13 rings (SSSR count). The van der Waals surface area contributed by atoms with E-state index in [2.05, 4.69) is 118 Å². The fourth-order valence-electron chi connectivity index (χ4n) is 9.39. The molecule has 0 aliphatic carbocycles. The Bertz CT molecular complexity index is 4030. The Hall–Kier alpha value is -10.00. The molecule has 0 atom stereocenters. The third-order valence-corrected chi connectivity index (χ3v) is 13.2. The minimum Gasteiger partial charge on any atom is -0.455 e. The third kappa shape index (κ3) is 9.92. The molecule has 5 aromatic heterocycles. The molecule has 0 aliphatic heterocycles. The lowest BCUT2D eigenvalue weighted by Crippen LogP contribution is -2.29. The summed E-state index contributed by atoms with van der Waals surface area (Å²) in [6, 6.07) is 81.2. The summed E-state index contributed by atoms with van der Waals surface area (Å²) in [4.78, 5) is 28.3. The second-order valence-electron chi connectivity index (χ2n) is 18.1. The van der Waals surface area contributed by atoms with Gasteiger partial charge in [-0.25, -0.2) is 15.0 Å². The number of furan rings is 1. The van der Waals surface area contributed by atoms with Crippen molar-refractivity contribution in [1.29, 1.82) is 0 Å². The lowest BCUT2D eigenvalue weighted by molar-refractivity contribution is 0.426. The van der Waals surface area contributed by atoms with Crippen molar-refractivity contribution in [2.45, 2.75) is 0 Å². The minimum absolute atomic E-state index is 0.481. The van der Waals surface area contributed by atoms with E-state index in [1.165, 1.54) is 0 Å². The Balaban J connectivity index is 0.000000334. The molecule has 360 valence electrons. The van der Waals surface area contributed by atoms with Crippen LogP contribution in [0.25, 0.3) is 123 Å². The lowest BCUT2D eigenvalue weighted by atomic mass is 9.80. The molecular formula is C66H45BN6O3. The molecule has 0 saturated carbocycles. The van der Waals surface area contributed by atoms with Crippen LogP contribution < -0.4 is 5.46 Å². The molecule has 0 saturated heterocycles. The highest BCUT2D eigenvalue weighted by Gasteiger charge is 2.20. The molecule has 0 unspecified atom stereocenters. The second kappa shape index (κ2) is 21.2. The van der Waals surface area contributed by atoms with Crippen molar-refractivity contribution >= 4 is 34.5 Å². The molecule has 0 bridgehead atoms. The van der Waals surface area contributed by atoms with Gasteiger partial charge in [0.05, 0.1) is 17.1 Å². The van der Waals surface area contributed by atoms with Gasteiger partial charge in [-0.2, -0.15) is 0 Å². The maximum Gasteiger partial charge on any atom is 0.488 e. The van der Waals surface area contributed by atoms with Crippen molar-refractivity contribution in [3.63, 3.8) is 0 Å². The van der Waals surface area contributed by atoms with E-state index in [-0.39, 0.29) is 0 Å². The first kappa shape index (κ1) is 47.0. The highest BCUT2D eigenvalue weighted by Crippen LogP contribution is 2.44. The fraction of sp³-hybridized carbons (Fsp3) is 0. The van der Waals surface area contributed by atoms with Crippen LogP contribution in [0.15, 0.2) is 266 Å². The topological polar surface area (TPSA) is 131 Å². The van der Waals surface area contributed by atoms with E-state index in [4.69, 9.17) is 29.4 Å². The summed E-state index contributed by atoms with van der Waals surface area (Å²) in [6.07, 6.45) is 5.38. The van der Waals surface area contributed by atoms with Crippen LogP contribution in [-0.2, 0) is 0 Å². The number of rotatable bonds is 10. The van der Waals surface area contributed by atoms with E-state index < -0.39 is 7.12 Å². The van der Waals surface area contributed by atoms with Crippen LogP contribution in [0.3, 0.4) is 0 Å². The van der Waals surface area contributed by atoms with Gasteiger partial charge in [-0.3, -0.25) is 15.0 Å². The molecule has 0 aliphatic rings. The minimum atomic E-state index is -1.41. The molecule has 0 amide bonds. The van der Waals surface area contributed by atoms with Crippen molar-refractivity contribution in [1.82, 2.24) is 29.9 Å². The van der Waals surface area contributed by atoms with E-state index in [0.717, 1.165) is 106 Å². The van der Waals surface area contributed by atoms with Gasteiger partial charge in [0.2, 0.25) is 0 Å². The van der Waals surface area contributed by atoms with E-state index in [9.17, 15) is 0 Å². The summed E-state index contributed by atoms with van der Waals surface area (Å²) in [5.41, 5.74) is 17.0. The SMILES string of the molecule is OB(O)c1ccc(-c2ccccn2)cc1.c1ccc(-c2nc(-c3ccccc3)nc(-c3cccc(-c4cccc5oc6c(-c7ccc(-c8ccccn8)cc7)cc(-c7ccc(-c8ccccn8)cc7)cc6c45)c3)n2)cc1. The molecule has 5 heterocycles. The van der Waals surface area contributed by atoms with Crippen molar-refractivity contribution in [3.8, 4) is 101 Å². The number of fused-ring (bicyclic) bond motifs is 3. The lowest BCUT2D eigenvalue weighted by Gasteiger charge is -2.11. The van der Waals surface area contributed by atoms with Gasteiger partial charge < -0.3 is 14.5 Å². The summed E-state index contributed by atoms with van der Waals surface area (Å²) in [5.74, 6) is 1.85. The first-order chi connectivity index (χ1) is 37.5. The van der Waals surface area contributed by atoms with E-state index in [1.807, 2.05) is 140 Å². The van der Waals surface area contributed by atoms with Gasteiger partial charge in [0.25, 0.3) is 0 Å². The van der Waals surface area contributed by atoms with Crippen LogP contribution >= 0.6 is 0 Å². The Labute approximate surface area is 439 Å². The number of aromatic nitrogens is 6. The third-order valence-electron chi connectivity index (χ3n) is 13.2. The summed E-state index contributed by atoms with van der Waals surface area (Å²) in [5, 5.41) is 19.9. The molecule has 0 fully saturated rings. The summed E-state index contributed by atoms with van der Waals surface area (Å²) in [6.45, 7) is 0. The van der Waals surface area contributed by atoms with Gasteiger partial charge in [-0.1, -0.05) is 182 Å². The van der Waals surface area contributed by atoms with Gasteiger partial charge in [-0.15, -0.1) is 0 Å². The highest BCUT2D eigenvalue weighted by molar-refractivity contribution is 6.58. The van der Waals surface area contributed by atoms with Crippen LogP contribution in [-0.4, -0.2) is 47.1 Å². The van der Waals surface area contributed by atoms with Gasteiger partial charge in [0.1, 0.15) is 11.2 Å². The first-order valence-corrected chi connectivity index (χ1v) is 24.9. The van der Waals surface area contributed by atoms with Crippen LogP contribution in [0.2, 0.25) is 0 Å². The maximum absolute atomic E-state index is 8.93. The van der Waals surface area contributed by atoms with Gasteiger partial charge >= 0.3 is 7.12 Å². The van der Waals surface area contributed by atoms with Gasteiger partial charge in [0.15, 0.2) is 17.5 Å². The molecule has 2 N–H and O–H groups in total. The zero-order valence-corrected chi connectivity index (χ0v) is 40.9.